The molecule has 5 nitrogen and oxygen atoms in total. The number of ether oxygens (including phenoxy) is 1. The highest BCUT2D eigenvalue weighted by molar-refractivity contribution is 7.89. The van der Waals surface area contributed by atoms with Crippen LogP contribution in [0.15, 0.2) is 35.1 Å². The molecule has 1 aromatic rings. The summed E-state index contributed by atoms with van der Waals surface area (Å²) in [6.45, 7) is 2.05. The van der Waals surface area contributed by atoms with Crippen molar-refractivity contribution in [3.63, 3.8) is 0 Å². The van der Waals surface area contributed by atoms with Gasteiger partial charge in [-0.2, -0.15) is 0 Å². The second-order valence-corrected chi connectivity index (χ2v) is 6.77. The number of piperidine rings is 1. The van der Waals surface area contributed by atoms with Crippen molar-refractivity contribution < 1.29 is 13.2 Å². The first-order chi connectivity index (χ1) is 9.54. The first kappa shape index (κ1) is 13.5. The van der Waals surface area contributed by atoms with E-state index in [0.717, 1.165) is 30.3 Å². The average molecular weight is 294 g/mol. The monoisotopic (exact) mass is 294 g/mol. The zero-order valence-corrected chi connectivity index (χ0v) is 12.0. The van der Waals surface area contributed by atoms with E-state index in [0.29, 0.717) is 6.42 Å². The molecule has 0 spiro atoms. The number of nitrogens with two attached hydrogens (primary N) is 1. The van der Waals surface area contributed by atoms with E-state index in [1.54, 1.807) is 12.1 Å². The van der Waals surface area contributed by atoms with Gasteiger partial charge in [-0.05, 0) is 50.0 Å². The molecule has 2 aliphatic rings. The fourth-order valence-corrected chi connectivity index (χ4v) is 3.22. The van der Waals surface area contributed by atoms with Crippen molar-refractivity contribution in [2.45, 2.75) is 30.6 Å². The van der Waals surface area contributed by atoms with Crippen molar-refractivity contribution in [2.24, 2.45) is 5.14 Å². The van der Waals surface area contributed by atoms with Crippen LogP contribution >= 0.6 is 0 Å². The van der Waals surface area contributed by atoms with Gasteiger partial charge in [-0.25, -0.2) is 13.6 Å². The number of primary sulfonamides is 1. The summed E-state index contributed by atoms with van der Waals surface area (Å²) < 4.78 is 28.6. The highest BCUT2D eigenvalue weighted by Gasteiger charge is 2.21. The highest BCUT2D eigenvalue weighted by Crippen LogP contribution is 2.30. The van der Waals surface area contributed by atoms with E-state index >= 15 is 0 Å². The summed E-state index contributed by atoms with van der Waals surface area (Å²) in [7, 11) is -3.66. The molecule has 3 rings (SSSR count). The Morgan fingerprint density at radius 2 is 1.90 bits per heavy atom. The van der Waals surface area contributed by atoms with Crippen LogP contribution in [0.2, 0.25) is 0 Å². The topological polar surface area (TPSA) is 72.6 Å². The van der Waals surface area contributed by atoms with Crippen molar-refractivity contribution in [3.05, 3.63) is 35.7 Å². The maximum atomic E-state index is 11.3. The molecule has 0 atom stereocenters. The molecule has 0 radical (unpaired) electrons. The summed E-state index contributed by atoms with van der Waals surface area (Å²) in [6.07, 6.45) is 6.35. The Hall–Kier alpha value is -1.53. The maximum absolute atomic E-state index is 11.3. The zero-order valence-electron chi connectivity index (χ0n) is 11.2. The summed E-state index contributed by atoms with van der Waals surface area (Å²) in [6, 6.07) is 4.77. The maximum Gasteiger partial charge on any atom is 0.238 e. The molecule has 20 heavy (non-hydrogen) atoms. The molecular formula is C14H18N2O3S. The van der Waals surface area contributed by atoms with Crippen molar-refractivity contribution in [3.8, 4) is 5.75 Å². The van der Waals surface area contributed by atoms with E-state index in [2.05, 4.69) is 4.90 Å². The molecule has 0 aromatic heterocycles. The smallest absolute Gasteiger partial charge is 0.238 e. The summed E-state index contributed by atoms with van der Waals surface area (Å²) in [4.78, 5) is 2.38. The van der Waals surface area contributed by atoms with Crippen LogP contribution in [0.3, 0.4) is 0 Å². The van der Waals surface area contributed by atoms with Crippen LogP contribution in [0, 0.1) is 0 Å². The third-order valence-electron chi connectivity index (χ3n) is 3.74. The molecule has 0 saturated carbocycles. The Balaban J connectivity index is 1.83. The molecule has 1 aromatic carbocycles. The van der Waals surface area contributed by atoms with E-state index < -0.39 is 10.0 Å². The average Bonchev–Trinajstić information content (AvgIpc) is 2.46. The lowest BCUT2D eigenvalue weighted by Gasteiger charge is -2.32. The SMILES string of the molecule is NS(=O)(=O)c1ccc2c(c1)CC=C(N1CCCCC1)O2. The number of nitrogens with zero attached hydrogens (tertiary/aromatic N) is 1. The second-order valence-electron chi connectivity index (χ2n) is 5.21. The van der Waals surface area contributed by atoms with Gasteiger partial charge in [-0.3, -0.25) is 0 Å². The van der Waals surface area contributed by atoms with Crippen molar-refractivity contribution >= 4 is 10.0 Å². The Kier molecular flexibility index (Phi) is 3.43. The molecule has 2 heterocycles. The molecule has 6 heteroatoms. The van der Waals surface area contributed by atoms with Gasteiger partial charge in [-0.1, -0.05) is 0 Å². The van der Waals surface area contributed by atoms with Gasteiger partial charge >= 0.3 is 0 Å². The van der Waals surface area contributed by atoms with Crippen LogP contribution in [0.5, 0.6) is 5.75 Å². The van der Waals surface area contributed by atoms with Gasteiger partial charge in [0.1, 0.15) is 5.75 Å². The van der Waals surface area contributed by atoms with Crippen LogP contribution in [0.25, 0.3) is 0 Å². The molecule has 2 aliphatic heterocycles. The van der Waals surface area contributed by atoms with E-state index in [4.69, 9.17) is 9.88 Å². The van der Waals surface area contributed by atoms with Crippen LogP contribution in [0.1, 0.15) is 24.8 Å². The molecule has 0 bridgehead atoms. The van der Waals surface area contributed by atoms with Crippen LogP contribution in [-0.2, 0) is 16.4 Å². The predicted octanol–water partition coefficient (Wildman–Crippen LogP) is 1.60. The minimum atomic E-state index is -3.66. The molecule has 1 saturated heterocycles. The van der Waals surface area contributed by atoms with E-state index in [1.165, 1.54) is 25.3 Å². The summed E-state index contributed by atoms with van der Waals surface area (Å²) in [5, 5.41) is 5.14. The minimum absolute atomic E-state index is 0.134. The number of likely N-dealkylation sites (tertiary alicyclic amines) is 1. The number of fused-ring (bicyclic) bond motifs is 1. The molecular weight excluding hydrogens is 276 g/mol. The van der Waals surface area contributed by atoms with Gasteiger partial charge in [0, 0.05) is 18.7 Å². The van der Waals surface area contributed by atoms with Crippen LogP contribution in [-0.4, -0.2) is 26.4 Å². The summed E-state index contributed by atoms with van der Waals surface area (Å²) >= 11 is 0. The Morgan fingerprint density at radius 1 is 1.15 bits per heavy atom. The molecule has 1 fully saturated rings. The van der Waals surface area contributed by atoms with Gasteiger partial charge in [0.25, 0.3) is 0 Å². The largest absolute Gasteiger partial charge is 0.441 e. The number of benzene rings is 1. The standard InChI is InChI=1S/C14H18N2O3S/c15-20(17,18)12-5-6-13-11(10-12)4-7-14(19-13)16-8-2-1-3-9-16/h5-7,10H,1-4,8-9H2,(H2,15,17,18). The molecule has 108 valence electrons. The Bertz CT molecular complexity index is 646. The second kappa shape index (κ2) is 5.10. The Labute approximate surface area is 119 Å². The van der Waals surface area contributed by atoms with E-state index in [1.807, 2.05) is 6.08 Å². The lowest BCUT2D eigenvalue weighted by atomic mass is 10.1. The van der Waals surface area contributed by atoms with Crippen molar-refractivity contribution in [1.29, 1.82) is 0 Å². The van der Waals surface area contributed by atoms with Crippen molar-refractivity contribution in [2.75, 3.05) is 13.1 Å². The van der Waals surface area contributed by atoms with Crippen LogP contribution in [0.4, 0.5) is 0 Å². The fourth-order valence-electron chi connectivity index (χ4n) is 2.65. The first-order valence-electron chi connectivity index (χ1n) is 6.83. The van der Waals surface area contributed by atoms with Gasteiger partial charge in [0.2, 0.25) is 10.0 Å². The fraction of sp³-hybridized carbons (Fsp3) is 0.429. The third kappa shape index (κ3) is 2.66. The number of rotatable bonds is 2. The lowest BCUT2D eigenvalue weighted by molar-refractivity contribution is 0.182. The number of allylic oxidation sites excluding steroid dienone is 1. The highest BCUT2D eigenvalue weighted by atomic mass is 32.2. The van der Waals surface area contributed by atoms with Gasteiger partial charge in [0.05, 0.1) is 4.90 Å². The molecule has 2 N–H and O–H groups in total. The Morgan fingerprint density at radius 3 is 2.60 bits per heavy atom. The normalized spacial score (nSPS) is 19.1. The minimum Gasteiger partial charge on any atom is -0.441 e. The van der Waals surface area contributed by atoms with Gasteiger partial charge in [0.15, 0.2) is 5.88 Å². The zero-order chi connectivity index (χ0) is 14.2. The summed E-state index contributed by atoms with van der Waals surface area (Å²) in [5.74, 6) is 1.61. The molecule has 0 amide bonds. The lowest BCUT2D eigenvalue weighted by Crippen LogP contribution is -2.32. The van der Waals surface area contributed by atoms with Gasteiger partial charge in [-0.15, -0.1) is 0 Å². The van der Waals surface area contributed by atoms with Crippen molar-refractivity contribution in [1.82, 2.24) is 4.90 Å². The van der Waals surface area contributed by atoms with Gasteiger partial charge < -0.3 is 9.64 Å². The number of hydrogen-bond donors (Lipinski definition) is 1. The predicted molar refractivity (Wildman–Crippen MR) is 75.7 cm³/mol. The molecule has 0 unspecified atom stereocenters. The first-order valence-corrected chi connectivity index (χ1v) is 8.37. The quantitative estimate of drug-likeness (QED) is 0.899. The van der Waals surface area contributed by atoms with E-state index in [9.17, 15) is 8.42 Å². The third-order valence-corrected chi connectivity index (χ3v) is 4.65. The van der Waals surface area contributed by atoms with Crippen LogP contribution < -0.4 is 9.88 Å². The number of hydrogen-bond acceptors (Lipinski definition) is 4. The summed E-state index contributed by atoms with van der Waals surface area (Å²) in [5.41, 5.74) is 0.859. The number of sulfonamides is 1. The van der Waals surface area contributed by atoms with E-state index in [-0.39, 0.29) is 4.90 Å². The molecule has 0 aliphatic carbocycles.